The number of rotatable bonds is 6. The van der Waals surface area contributed by atoms with Crippen LogP contribution in [0.3, 0.4) is 0 Å². The maximum absolute atomic E-state index is 12.2. The maximum Gasteiger partial charge on any atom is 0.253 e. The summed E-state index contributed by atoms with van der Waals surface area (Å²) in [6, 6.07) is 24.3. The van der Waals surface area contributed by atoms with Crippen LogP contribution in [0.25, 0.3) is 0 Å². The lowest BCUT2D eigenvalue weighted by molar-refractivity contribution is -0.124. The van der Waals surface area contributed by atoms with Gasteiger partial charge < -0.3 is 15.0 Å². The number of carbonyl (C=O) groups excluding carboxylic acids is 1. The van der Waals surface area contributed by atoms with E-state index in [4.69, 9.17) is 4.74 Å². The average Bonchev–Trinajstić information content (AvgIpc) is 3.29. The molecule has 142 valence electrons. The summed E-state index contributed by atoms with van der Waals surface area (Å²) in [4.78, 5) is 19.0. The Bertz CT molecular complexity index is 892. The Labute approximate surface area is 165 Å². The monoisotopic (exact) mass is 373 g/mol. The van der Waals surface area contributed by atoms with Gasteiger partial charge in [0.05, 0.1) is 11.9 Å². The minimum absolute atomic E-state index is 0.101. The van der Waals surface area contributed by atoms with Gasteiger partial charge in [0.2, 0.25) is 0 Å². The molecule has 5 heteroatoms. The molecule has 1 aromatic heterocycles. The average molecular weight is 373 g/mol. The van der Waals surface area contributed by atoms with Gasteiger partial charge in [0, 0.05) is 18.8 Å². The smallest absolute Gasteiger partial charge is 0.253 e. The lowest BCUT2D eigenvalue weighted by atomic mass is 10.2. The molecule has 1 saturated heterocycles. The zero-order valence-corrected chi connectivity index (χ0v) is 15.6. The third-order valence-corrected chi connectivity index (χ3v) is 4.77. The molecule has 2 aromatic carbocycles. The Balaban J connectivity index is 1.53. The zero-order chi connectivity index (χ0) is 19.2. The lowest BCUT2D eigenvalue weighted by Crippen LogP contribution is -2.27. The van der Waals surface area contributed by atoms with Crippen molar-refractivity contribution in [2.45, 2.75) is 25.5 Å². The molecule has 1 N–H and O–H groups in total. The summed E-state index contributed by atoms with van der Waals surface area (Å²) in [5.74, 6) is 0.724. The van der Waals surface area contributed by atoms with E-state index in [0.717, 1.165) is 24.3 Å². The van der Waals surface area contributed by atoms with Crippen LogP contribution in [-0.4, -0.2) is 23.6 Å². The van der Waals surface area contributed by atoms with Crippen LogP contribution in [0.1, 0.15) is 18.4 Å². The summed E-state index contributed by atoms with van der Waals surface area (Å²) < 4.78 is 5.43. The Hall–Kier alpha value is -3.18. The van der Waals surface area contributed by atoms with Gasteiger partial charge in [0.15, 0.2) is 0 Å². The summed E-state index contributed by atoms with van der Waals surface area (Å²) in [5, 5.41) is 2.89. The fourth-order valence-corrected chi connectivity index (χ4v) is 3.31. The van der Waals surface area contributed by atoms with Crippen molar-refractivity contribution in [2.24, 2.45) is 0 Å². The third-order valence-electron chi connectivity index (χ3n) is 4.77. The number of hydrogen-bond donors (Lipinski definition) is 1. The fourth-order valence-electron chi connectivity index (χ4n) is 3.31. The summed E-state index contributed by atoms with van der Waals surface area (Å²) in [6.07, 6.45) is 3.05. The lowest BCUT2D eigenvalue weighted by Gasteiger charge is -2.24. The van der Waals surface area contributed by atoms with Crippen LogP contribution in [0.2, 0.25) is 0 Å². The quantitative estimate of drug-likeness (QED) is 0.689. The minimum atomic E-state index is -0.349. The zero-order valence-electron chi connectivity index (χ0n) is 15.6. The van der Waals surface area contributed by atoms with Crippen LogP contribution < -0.4 is 10.2 Å². The Kier molecular flexibility index (Phi) is 5.64. The summed E-state index contributed by atoms with van der Waals surface area (Å²) in [5.41, 5.74) is 2.94. The molecule has 1 aliphatic rings. The van der Waals surface area contributed by atoms with Gasteiger partial charge in [-0.3, -0.25) is 4.79 Å². The van der Waals surface area contributed by atoms with Crippen LogP contribution in [0.15, 0.2) is 79.0 Å². The van der Waals surface area contributed by atoms with Crippen molar-refractivity contribution < 1.29 is 9.53 Å². The van der Waals surface area contributed by atoms with E-state index in [1.165, 1.54) is 5.56 Å². The molecule has 28 heavy (non-hydrogen) atoms. The molecule has 0 aliphatic carbocycles. The number of nitrogens with zero attached hydrogens (tertiary/aromatic N) is 2. The largest absolute Gasteiger partial charge is 0.368 e. The first-order chi connectivity index (χ1) is 13.8. The van der Waals surface area contributed by atoms with Crippen molar-refractivity contribution >= 4 is 23.1 Å². The highest BCUT2D eigenvalue weighted by Gasteiger charge is 2.23. The second-order valence-electron chi connectivity index (χ2n) is 6.80. The van der Waals surface area contributed by atoms with E-state index in [9.17, 15) is 4.79 Å². The Morgan fingerprint density at radius 3 is 2.43 bits per heavy atom. The Morgan fingerprint density at radius 1 is 1.04 bits per heavy atom. The first-order valence-corrected chi connectivity index (χ1v) is 9.54. The number of benzene rings is 2. The topological polar surface area (TPSA) is 54.5 Å². The van der Waals surface area contributed by atoms with E-state index in [-0.39, 0.29) is 12.0 Å². The summed E-state index contributed by atoms with van der Waals surface area (Å²) >= 11 is 0. The number of aromatic nitrogens is 1. The van der Waals surface area contributed by atoms with Crippen molar-refractivity contribution in [2.75, 3.05) is 16.8 Å². The molecular formula is C23H23N3O2. The van der Waals surface area contributed by atoms with Gasteiger partial charge in [-0.05, 0) is 42.7 Å². The highest BCUT2D eigenvalue weighted by Crippen LogP contribution is 2.26. The number of pyridine rings is 1. The molecule has 1 fully saturated rings. The molecular weight excluding hydrogens is 350 g/mol. The molecule has 2 heterocycles. The van der Waals surface area contributed by atoms with Gasteiger partial charge in [-0.2, -0.15) is 0 Å². The van der Waals surface area contributed by atoms with Gasteiger partial charge in [0.25, 0.3) is 5.91 Å². The molecule has 1 amide bonds. The number of para-hydroxylation sites is 1. The molecule has 0 radical (unpaired) electrons. The van der Waals surface area contributed by atoms with Crippen LogP contribution in [0, 0.1) is 0 Å². The molecule has 3 aromatic rings. The van der Waals surface area contributed by atoms with E-state index < -0.39 is 0 Å². The predicted octanol–water partition coefficient (Wildman–Crippen LogP) is 4.54. The van der Waals surface area contributed by atoms with Gasteiger partial charge in [-0.1, -0.05) is 48.5 Å². The molecule has 5 nitrogen and oxygen atoms in total. The van der Waals surface area contributed by atoms with Crippen molar-refractivity contribution in [1.82, 2.24) is 4.98 Å². The molecule has 1 unspecified atom stereocenters. The Morgan fingerprint density at radius 2 is 1.79 bits per heavy atom. The SMILES string of the molecule is O=C(Nc1ccc(N(Cc2ccccc2)c2ccccc2)nc1)C1CCCO1. The van der Waals surface area contributed by atoms with Crippen LogP contribution >= 0.6 is 0 Å². The molecule has 1 aliphatic heterocycles. The van der Waals surface area contributed by atoms with Crippen molar-refractivity contribution in [3.8, 4) is 0 Å². The van der Waals surface area contributed by atoms with Crippen molar-refractivity contribution in [3.05, 3.63) is 84.6 Å². The first-order valence-electron chi connectivity index (χ1n) is 9.54. The maximum atomic E-state index is 12.2. The summed E-state index contributed by atoms with van der Waals surface area (Å²) in [7, 11) is 0. The van der Waals surface area contributed by atoms with Gasteiger partial charge in [-0.15, -0.1) is 0 Å². The van der Waals surface area contributed by atoms with Gasteiger partial charge in [0.1, 0.15) is 11.9 Å². The minimum Gasteiger partial charge on any atom is -0.368 e. The van der Waals surface area contributed by atoms with Crippen LogP contribution in [0.5, 0.6) is 0 Å². The van der Waals surface area contributed by atoms with E-state index in [2.05, 4.69) is 39.5 Å². The fraction of sp³-hybridized carbons (Fsp3) is 0.217. The standard InChI is InChI=1S/C23H23N3O2/c27-23(21-12-7-15-28-21)25-19-13-14-22(24-16-19)26(20-10-5-2-6-11-20)17-18-8-3-1-4-9-18/h1-6,8-11,13-14,16,21H,7,12,15,17H2,(H,25,27). The second-order valence-corrected chi connectivity index (χ2v) is 6.80. The van der Waals surface area contributed by atoms with E-state index >= 15 is 0 Å². The highest BCUT2D eigenvalue weighted by molar-refractivity contribution is 5.94. The number of hydrogen-bond acceptors (Lipinski definition) is 4. The van der Waals surface area contributed by atoms with Gasteiger partial charge in [-0.25, -0.2) is 4.98 Å². The molecule has 0 bridgehead atoms. The van der Waals surface area contributed by atoms with Crippen molar-refractivity contribution in [1.29, 1.82) is 0 Å². The molecule has 0 spiro atoms. The third kappa shape index (κ3) is 4.38. The van der Waals surface area contributed by atoms with Crippen LogP contribution in [-0.2, 0) is 16.1 Å². The van der Waals surface area contributed by atoms with Gasteiger partial charge >= 0.3 is 0 Å². The van der Waals surface area contributed by atoms with Crippen molar-refractivity contribution in [3.63, 3.8) is 0 Å². The normalized spacial score (nSPS) is 15.9. The van der Waals surface area contributed by atoms with E-state index in [1.54, 1.807) is 6.20 Å². The van der Waals surface area contributed by atoms with Crippen LogP contribution in [0.4, 0.5) is 17.2 Å². The van der Waals surface area contributed by atoms with E-state index in [1.807, 2.05) is 48.5 Å². The number of ether oxygens (including phenoxy) is 1. The predicted molar refractivity (Wildman–Crippen MR) is 111 cm³/mol. The number of nitrogens with one attached hydrogen (secondary N) is 1. The number of anilines is 3. The first kappa shape index (κ1) is 18.2. The molecule has 0 saturated carbocycles. The molecule has 1 atom stereocenters. The second kappa shape index (κ2) is 8.67. The van der Waals surface area contributed by atoms with E-state index in [0.29, 0.717) is 18.8 Å². The highest BCUT2D eigenvalue weighted by atomic mass is 16.5. The summed E-state index contributed by atoms with van der Waals surface area (Å²) in [6.45, 7) is 1.36. The molecule has 4 rings (SSSR count). The number of amides is 1. The number of carbonyl (C=O) groups is 1.